The Morgan fingerprint density at radius 3 is 3.04 bits per heavy atom. The number of ether oxygens (including phenoxy) is 1. The number of carbonyl (C=O) groups is 1. The zero-order valence-electron chi connectivity index (χ0n) is 14.2. The van der Waals surface area contributed by atoms with Gasteiger partial charge in [0.05, 0.1) is 12.6 Å². The number of benzene rings is 1. The number of nitrogens with zero attached hydrogens (tertiary/aromatic N) is 3. The lowest BCUT2D eigenvalue weighted by molar-refractivity contribution is 0.0637. The van der Waals surface area contributed by atoms with Crippen molar-refractivity contribution in [2.45, 2.75) is 25.5 Å². The van der Waals surface area contributed by atoms with Crippen LogP contribution in [0.5, 0.6) is 0 Å². The molecule has 1 fully saturated rings. The van der Waals surface area contributed by atoms with Crippen molar-refractivity contribution in [3.8, 4) is 0 Å². The fourth-order valence-corrected chi connectivity index (χ4v) is 3.55. The third kappa shape index (κ3) is 2.93. The van der Waals surface area contributed by atoms with E-state index in [1.165, 1.54) is 0 Å². The molecule has 0 saturated carbocycles. The molecule has 6 heteroatoms. The van der Waals surface area contributed by atoms with E-state index in [4.69, 9.17) is 9.15 Å². The number of piperidine rings is 1. The minimum atomic E-state index is -0.0693. The van der Waals surface area contributed by atoms with Gasteiger partial charge in [0.2, 0.25) is 0 Å². The van der Waals surface area contributed by atoms with Crippen LogP contribution in [0.3, 0.4) is 0 Å². The van der Waals surface area contributed by atoms with Crippen LogP contribution >= 0.6 is 0 Å². The summed E-state index contributed by atoms with van der Waals surface area (Å²) in [6, 6.07) is 9.82. The van der Waals surface area contributed by atoms with Gasteiger partial charge in [0.25, 0.3) is 5.91 Å². The first-order valence-corrected chi connectivity index (χ1v) is 8.55. The lowest BCUT2D eigenvalue weighted by Crippen LogP contribution is -2.41. The SMILES string of the molecule is COCc1c(C(=O)N2CCC[C@@H](n3cccn3)C2)oc2ccccc12. The maximum absolute atomic E-state index is 13.1. The standard InChI is InChI=1S/C19H21N3O3/c1-24-13-16-15-7-2-3-8-17(15)25-18(16)19(23)21-10-4-6-14(12-21)22-11-5-9-20-22/h2-3,5,7-9,11,14H,4,6,10,12-13H2,1H3/t14-/m1/s1. The van der Waals surface area contributed by atoms with Crippen LogP contribution in [0.4, 0.5) is 0 Å². The Balaban J connectivity index is 1.64. The second-order valence-corrected chi connectivity index (χ2v) is 6.37. The van der Waals surface area contributed by atoms with Gasteiger partial charge in [0, 0.05) is 43.5 Å². The van der Waals surface area contributed by atoms with Crippen LogP contribution < -0.4 is 0 Å². The van der Waals surface area contributed by atoms with Crippen molar-refractivity contribution in [1.29, 1.82) is 0 Å². The number of aromatic nitrogens is 2. The van der Waals surface area contributed by atoms with Crippen molar-refractivity contribution in [3.63, 3.8) is 0 Å². The third-order valence-electron chi connectivity index (χ3n) is 4.76. The van der Waals surface area contributed by atoms with Crippen LogP contribution in [-0.2, 0) is 11.3 Å². The topological polar surface area (TPSA) is 60.5 Å². The maximum Gasteiger partial charge on any atom is 0.290 e. The van der Waals surface area contributed by atoms with Crippen molar-refractivity contribution in [1.82, 2.24) is 14.7 Å². The van der Waals surface area contributed by atoms with E-state index < -0.39 is 0 Å². The van der Waals surface area contributed by atoms with Gasteiger partial charge >= 0.3 is 0 Å². The van der Waals surface area contributed by atoms with Crippen LogP contribution in [0.2, 0.25) is 0 Å². The molecule has 25 heavy (non-hydrogen) atoms. The number of likely N-dealkylation sites (tertiary alicyclic amines) is 1. The zero-order valence-corrected chi connectivity index (χ0v) is 14.2. The Bertz CT molecular complexity index is 869. The normalized spacial score (nSPS) is 18.0. The van der Waals surface area contributed by atoms with Crippen molar-refractivity contribution < 1.29 is 13.9 Å². The molecular weight excluding hydrogens is 318 g/mol. The highest BCUT2D eigenvalue weighted by atomic mass is 16.5. The lowest BCUT2D eigenvalue weighted by atomic mass is 10.0. The Morgan fingerprint density at radius 1 is 1.36 bits per heavy atom. The molecule has 0 N–H and O–H groups in total. The van der Waals surface area contributed by atoms with E-state index in [1.807, 2.05) is 46.1 Å². The van der Waals surface area contributed by atoms with Crippen LogP contribution in [0.1, 0.15) is 35.0 Å². The molecule has 4 rings (SSSR count). The summed E-state index contributed by atoms with van der Waals surface area (Å²) in [5.41, 5.74) is 1.54. The molecule has 1 amide bonds. The molecule has 130 valence electrons. The molecule has 1 aliphatic rings. The fourth-order valence-electron chi connectivity index (χ4n) is 3.55. The van der Waals surface area contributed by atoms with Gasteiger partial charge in [-0.3, -0.25) is 9.48 Å². The van der Waals surface area contributed by atoms with Crippen molar-refractivity contribution in [2.75, 3.05) is 20.2 Å². The molecule has 0 aliphatic carbocycles. The largest absolute Gasteiger partial charge is 0.451 e. The van der Waals surface area contributed by atoms with E-state index >= 15 is 0 Å². The summed E-state index contributed by atoms with van der Waals surface area (Å²) < 4.78 is 13.1. The molecule has 6 nitrogen and oxygen atoms in total. The van der Waals surface area contributed by atoms with Gasteiger partial charge in [-0.05, 0) is 25.0 Å². The summed E-state index contributed by atoms with van der Waals surface area (Å²) in [5.74, 6) is 0.323. The van der Waals surface area contributed by atoms with E-state index in [9.17, 15) is 4.79 Å². The molecule has 1 aliphatic heterocycles. The molecule has 0 unspecified atom stereocenters. The average molecular weight is 339 g/mol. The van der Waals surface area contributed by atoms with Gasteiger partial charge in [-0.25, -0.2) is 0 Å². The monoisotopic (exact) mass is 339 g/mol. The minimum absolute atomic E-state index is 0.0693. The predicted octanol–water partition coefficient (Wildman–Crippen LogP) is 3.25. The van der Waals surface area contributed by atoms with Gasteiger partial charge in [-0.2, -0.15) is 5.10 Å². The van der Waals surface area contributed by atoms with E-state index in [0.717, 1.165) is 35.9 Å². The van der Waals surface area contributed by atoms with Crippen LogP contribution in [0.25, 0.3) is 11.0 Å². The number of amides is 1. The van der Waals surface area contributed by atoms with E-state index in [0.29, 0.717) is 18.9 Å². The van der Waals surface area contributed by atoms with E-state index in [1.54, 1.807) is 13.3 Å². The second-order valence-electron chi connectivity index (χ2n) is 6.37. The average Bonchev–Trinajstić information content (AvgIpc) is 3.30. The molecule has 1 aromatic carbocycles. The first kappa shape index (κ1) is 15.9. The molecular formula is C19H21N3O3. The molecule has 0 radical (unpaired) electrons. The van der Waals surface area contributed by atoms with Crippen molar-refractivity contribution in [3.05, 3.63) is 54.0 Å². The Hall–Kier alpha value is -2.60. The number of methoxy groups -OCH3 is 1. The summed E-state index contributed by atoms with van der Waals surface area (Å²) in [5, 5.41) is 5.26. The Kier molecular flexibility index (Phi) is 4.28. The van der Waals surface area contributed by atoms with Crippen LogP contribution in [0, 0.1) is 0 Å². The number of carbonyl (C=O) groups excluding carboxylic acids is 1. The molecule has 1 atom stereocenters. The van der Waals surface area contributed by atoms with E-state index in [-0.39, 0.29) is 11.9 Å². The van der Waals surface area contributed by atoms with E-state index in [2.05, 4.69) is 5.10 Å². The zero-order chi connectivity index (χ0) is 17.2. The number of para-hydroxylation sites is 1. The highest BCUT2D eigenvalue weighted by Gasteiger charge is 2.30. The summed E-state index contributed by atoms with van der Waals surface area (Å²) >= 11 is 0. The molecule has 3 aromatic rings. The lowest BCUT2D eigenvalue weighted by Gasteiger charge is -2.32. The quantitative estimate of drug-likeness (QED) is 0.732. The smallest absolute Gasteiger partial charge is 0.290 e. The van der Waals surface area contributed by atoms with Gasteiger partial charge in [-0.1, -0.05) is 18.2 Å². The molecule has 3 heterocycles. The predicted molar refractivity (Wildman–Crippen MR) is 93.3 cm³/mol. The Morgan fingerprint density at radius 2 is 2.24 bits per heavy atom. The summed E-state index contributed by atoms with van der Waals surface area (Å²) in [6.07, 6.45) is 5.71. The molecule has 2 aromatic heterocycles. The first-order chi connectivity index (χ1) is 12.3. The number of rotatable bonds is 4. The van der Waals surface area contributed by atoms with Gasteiger partial charge in [0.1, 0.15) is 5.58 Å². The summed E-state index contributed by atoms with van der Waals surface area (Å²) in [4.78, 5) is 15.0. The highest BCUT2D eigenvalue weighted by molar-refractivity contribution is 5.99. The van der Waals surface area contributed by atoms with Crippen LogP contribution in [-0.4, -0.2) is 40.8 Å². The summed E-state index contributed by atoms with van der Waals surface area (Å²) in [6.45, 7) is 1.73. The highest BCUT2D eigenvalue weighted by Crippen LogP contribution is 2.29. The number of furan rings is 1. The Labute approximate surface area is 146 Å². The third-order valence-corrected chi connectivity index (χ3v) is 4.76. The maximum atomic E-state index is 13.1. The molecule has 0 spiro atoms. The number of hydrogen-bond acceptors (Lipinski definition) is 4. The number of fused-ring (bicyclic) bond motifs is 1. The molecule has 0 bridgehead atoms. The second kappa shape index (κ2) is 6.72. The van der Waals surface area contributed by atoms with Gasteiger partial charge in [0.15, 0.2) is 5.76 Å². The van der Waals surface area contributed by atoms with Gasteiger partial charge < -0.3 is 14.1 Å². The molecule has 1 saturated heterocycles. The van der Waals surface area contributed by atoms with Gasteiger partial charge in [-0.15, -0.1) is 0 Å². The number of hydrogen-bond donors (Lipinski definition) is 0. The fraction of sp³-hybridized carbons (Fsp3) is 0.368. The van der Waals surface area contributed by atoms with Crippen LogP contribution in [0.15, 0.2) is 47.1 Å². The van der Waals surface area contributed by atoms with Crippen molar-refractivity contribution >= 4 is 16.9 Å². The minimum Gasteiger partial charge on any atom is -0.451 e. The summed E-state index contributed by atoms with van der Waals surface area (Å²) in [7, 11) is 1.63. The van der Waals surface area contributed by atoms with Crippen molar-refractivity contribution in [2.24, 2.45) is 0 Å². The first-order valence-electron chi connectivity index (χ1n) is 8.55.